The first-order chi connectivity index (χ1) is 5.56. The van der Waals surface area contributed by atoms with E-state index in [1.807, 2.05) is 0 Å². The number of carbonyl (C=O) groups is 1. The van der Waals surface area contributed by atoms with Gasteiger partial charge in [0, 0.05) is 6.42 Å². The molecule has 0 aromatic rings. The lowest BCUT2D eigenvalue weighted by Gasteiger charge is -2.11. The van der Waals surface area contributed by atoms with Crippen molar-refractivity contribution in [3.63, 3.8) is 0 Å². The minimum Gasteiger partial charge on any atom is -0.481 e. The number of aliphatic hydroxyl groups is 2. The molecule has 3 N–H and O–H groups in total. The van der Waals surface area contributed by atoms with Gasteiger partial charge in [-0.2, -0.15) is 0 Å². The molecule has 0 aromatic heterocycles. The Morgan fingerprint density at radius 2 is 1.92 bits per heavy atom. The van der Waals surface area contributed by atoms with E-state index in [0.717, 1.165) is 0 Å². The zero-order valence-electron chi connectivity index (χ0n) is 6.94. The molecular formula is C8H15O4+. The number of carboxylic acid groups (broad SMARTS) is 1. The molecule has 0 bridgehead atoms. The molecule has 0 fully saturated rings. The number of aliphatic hydroxyl groups excluding tert-OH is 2. The quantitative estimate of drug-likeness (QED) is 0.503. The van der Waals surface area contributed by atoms with Gasteiger partial charge in [-0.15, -0.1) is 0 Å². The van der Waals surface area contributed by atoms with Crippen LogP contribution in [0.5, 0.6) is 0 Å². The van der Waals surface area contributed by atoms with E-state index in [4.69, 9.17) is 15.3 Å². The van der Waals surface area contributed by atoms with Crippen LogP contribution in [0.25, 0.3) is 0 Å². The molecule has 0 amide bonds. The summed E-state index contributed by atoms with van der Waals surface area (Å²) in [6.45, 7) is 3.54. The fourth-order valence-electron chi connectivity index (χ4n) is 0.952. The van der Waals surface area contributed by atoms with Gasteiger partial charge in [0.25, 0.3) is 0 Å². The number of rotatable bonds is 6. The van der Waals surface area contributed by atoms with Crippen LogP contribution in [-0.2, 0) is 4.79 Å². The molecule has 4 nitrogen and oxygen atoms in total. The number of carboxylic acids is 1. The predicted octanol–water partition coefficient (Wildman–Crippen LogP) is 0.187. The molecule has 4 heteroatoms. The second-order valence-corrected chi connectivity index (χ2v) is 2.78. The average Bonchev–Trinajstić information content (AvgIpc) is 1.84. The van der Waals surface area contributed by atoms with E-state index in [-0.39, 0.29) is 12.8 Å². The van der Waals surface area contributed by atoms with Crippen molar-refractivity contribution in [1.82, 2.24) is 0 Å². The van der Waals surface area contributed by atoms with Gasteiger partial charge in [0.2, 0.25) is 0 Å². The maximum atomic E-state index is 10.1. The minimum absolute atomic E-state index is 0.113. The molecule has 2 atom stereocenters. The van der Waals surface area contributed by atoms with E-state index in [2.05, 4.69) is 6.92 Å². The molecule has 0 aliphatic carbocycles. The fourth-order valence-corrected chi connectivity index (χ4v) is 0.952. The van der Waals surface area contributed by atoms with Crippen LogP contribution in [0, 0.1) is 6.92 Å². The van der Waals surface area contributed by atoms with E-state index in [1.165, 1.54) is 0 Å². The SMILES string of the molecule is [CH2+]CCC(O)CC(O)CC(=O)O. The van der Waals surface area contributed by atoms with Gasteiger partial charge in [-0.3, -0.25) is 4.79 Å². The molecule has 0 rings (SSSR count). The van der Waals surface area contributed by atoms with Crippen LogP contribution in [0.15, 0.2) is 0 Å². The molecule has 0 radical (unpaired) electrons. The van der Waals surface area contributed by atoms with Gasteiger partial charge in [0.05, 0.1) is 32.0 Å². The summed E-state index contributed by atoms with van der Waals surface area (Å²) in [5, 5.41) is 26.5. The van der Waals surface area contributed by atoms with Gasteiger partial charge in [0.1, 0.15) is 0 Å². The third kappa shape index (κ3) is 6.00. The van der Waals surface area contributed by atoms with Gasteiger partial charge in [0.15, 0.2) is 0 Å². The zero-order chi connectivity index (χ0) is 9.56. The Labute approximate surface area is 71.8 Å². The van der Waals surface area contributed by atoms with E-state index in [9.17, 15) is 4.79 Å². The van der Waals surface area contributed by atoms with Crippen LogP contribution in [0.3, 0.4) is 0 Å². The van der Waals surface area contributed by atoms with Gasteiger partial charge in [-0.05, 0) is 6.42 Å². The molecule has 0 saturated heterocycles. The average molecular weight is 175 g/mol. The monoisotopic (exact) mass is 175 g/mol. The van der Waals surface area contributed by atoms with Crippen molar-refractivity contribution in [2.45, 2.75) is 37.9 Å². The maximum Gasteiger partial charge on any atom is 0.305 e. The highest BCUT2D eigenvalue weighted by atomic mass is 16.4. The van der Waals surface area contributed by atoms with Gasteiger partial charge < -0.3 is 15.3 Å². The van der Waals surface area contributed by atoms with Crippen LogP contribution in [0.1, 0.15) is 25.7 Å². The maximum absolute atomic E-state index is 10.1. The van der Waals surface area contributed by atoms with E-state index in [1.54, 1.807) is 0 Å². The molecule has 0 saturated carbocycles. The Morgan fingerprint density at radius 3 is 2.33 bits per heavy atom. The third-order valence-corrected chi connectivity index (χ3v) is 1.49. The molecule has 0 aliphatic rings. The van der Waals surface area contributed by atoms with Gasteiger partial charge in [-0.25, -0.2) is 0 Å². The summed E-state index contributed by atoms with van der Waals surface area (Å²) in [7, 11) is 0. The standard InChI is InChI=1S/C8H14O4/c1-2-3-6(9)4-7(10)5-8(11)12/h6-7,9-10H,1-5H2/p+1. The van der Waals surface area contributed by atoms with Crippen molar-refractivity contribution >= 4 is 5.97 Å². The fraction of sp³-hybridized carbons (Fsp3) is 0.750. The minimum atomic E-state index is -1.05. The first-order valence-corrected chi connectivity index (χ1v) is 3.93. The summed E-state index contributed by atoms with van der Waals surface area (Å²) in [6.07, 6.45) is -0.714. The summed E-state index contributed by atoms with van der Waals surface area (Å²) in [5.74, 6) is -1.05. The van der Waals surface area contributed by atoms with Crippen LogP contribution < -0.4 is 0 Å². The lowest BCUT2D eigenvalue weighted by atomic mass is 10.1. The van der Waals surface area contributed by atoms with Gasteiger partial charge >= 0.3 is 5.97 Å². The summed E-state index contributed by atoms with van der Waals surface area (Å²) in [6, 6.07) is 0. The van der Waals surface area contributed by atoms with Crippen LogP contribution in [-0.4, -0.2) is 33.5 Å². The van der Waals surface area contributed by atoms with Crippen molar-refractivity contribution in [1.29, 1.82) is 0 Å². The molecular weight excluding hydrogens is 160 g/mol. The summed E-state index contributed by atoms with van der Waals surface area (Å²) < 4.78 is 0. The van der Waals surface area contributed by atoms with Crippen LogP contribution in [0.4, 0.5) is 0 Å². The number of hydrogen-bond acceptors (Lipinski definition) is 3. The van der Waals surface area contributed by atoms with Crippen LogP contribution in [0.2, 0.25) is 0 Å². The normalized spacial score (nSPS) is 15.5. The predicted molar refractivity (Wildman–Crippen MR) is 43.5 cm³/mol. The lowest BCUT2D eigenvalue weighted by molar-refractivity contribution is -0.139. The Balaban J connectivity index is 3.53. The van der Waals surface area contributed by atoms with Crippen molar-refractivity contribution in [2.24, 2.45) is 0 Å². The van der Waals surface area contributed by atoms with Crippen molar-refractivity contribution in [3.8, 4) is 0 Å². The first-order valence-electron chi connectivity index (χ1n) is 3.93. The van der Waals surface area contributed by atoms with E-state index in [0.29, 0.717) is 12.8 Å². The summed E-state index contributed by atoms with van der Waals surface area (Å²) in [5.41, 5.74) is 0. The Morgan fingerprint density at radius 1 is 1.33 bits per heavy atom. The topological polar surface area (TPSA) is 77.8 Å². The Kier molecular flexibility index (Phi) is 5.49. The molecule has 2 unspecified atom stereocenters. The molecule has 0 heterocycles. The second-order valence-electron chi connectivity index (χ2n) is 2.78. The lowest BCUT2D eigenvalue weighted by Crippen LogP contribution is -2.20. The third-order valence-electron chi connectivity index (χ3n) is 1.49. The first kappa shape index (κ1) is 11.3. The molecule has 0 spiro atoms. The largest absolute Gasteiger partial charge is 0.481 e. The smallest absolute Gasteiger partial charge is 0.305 e. The second kappa shape index (κ2) is 5.85. The summed E-state index contributed by atoms with van der Waals surface area (Å²) in [4.78, 5) is 10.1. The van der Waals surface area contributed by atoms with E-state index < -0.39 is 18.2 Å². The Bertz CT molecular complexity index is 135. The van der Waals surface area contributed by atoms with Gasteiger partial charge in [-0.1, -0.05) is 0 Å². The molecule has 12 heavy (non-hydrogen) atoms. The zero-order valence-corrected chi connectivity index (χ0v) is 6.94. The molecule has 70 valence electrons. The Hall–Kier alpha value is -0.740. The highest BCUT2D eigenvalue weighted by Gasteiger charge is 2.14. The molecule has 0 aliphatic heterocycles. The van der Waals surface area contributed by atoms with Crippen LogP contribution >= 0.6 is 0 Å². The highest BCUT2D eigenvalue weighted by molar-refractivity contribution is 5.67. The summed E-state index contributed by atoms with van der Waals surface area (Å²) >= 11 is 0. The highest BCUT2D eigenvalue weighted by Crippen LogP contribution is 2.07. The van der Waals surface area contributed by atoms with Crippen molar-refractivity contribution in [3.05, 3.63) is 6.92 Å². The number of aliphatic carboxylic acids is 1. The van der Waals surface area contributed by atoms with E-state index >= 15 is 0 Å². The van der Waals surface area contributed by atoms with Crippen molar-refractivity contribution < 1.29 is 20.1 Å². The van der Waals surface area contributed by atoms with Crippen molar-refractivity contribution in [2.75, 3.05) is 0 Å². The number of hydrogen-bond donors (Lipinski definition) is 3. The molecule has 0 aromatic carbocycles.